The molecule has 0 aromatic heterocycles. The minimum absolute atomic E-state index is 0.0511. The van der Waals surface area contributed by atoms with E-state index < -0.39 is 0 Å². The van der Waals surface area contributed by atoms with E-state index in [1.165, 1.54) is 19.3 Å². The molecule has 0 aromatic rings. The van der Waals surface area contributed by atoms with Gasteiger partial charge in [0.05, 0.1) is 12.2 Å². The summed E-state index contributed by atoms with van der Waals surface area (Å²) in [5, 5.41) is 3.51. The van der Waals surface area contributed by atoms with E-state index in [0.717, 1.165) is 6.42 Å². The summed E-state index contributed by atoms with van der Waals surface area (Å²) in [6, 6.07) is 0.522. The SMILES string of the molecule is CCC1NC(C(C)C)N(C2CCCC2C)C1=O. The van der Waals surface area contributed by atoms with Crippen LogP contribution in [0.1, 0.15) is 53.4 Å². The fourth-order valence-electron chi connectivity index (χ4n) is 3.39. The van der Waals surface area contributed by atoms with Crippen LogP contribution < -0.4 is 5.32 Å². The van der Waals surface area contributed by atoms with Crippen molar-refractivity contribution in [3.8, 4) is 0 Å². The molecule has 2 fully saturated rings. The molecule has 1 saturated heterocycles. The predicted molar refractivity (Wildman–Crippen MR) is 69.5 cm³/mol. The molecule has 3 heteroatoms. The smallest absolute Gasteiger partial charge is 0.241 e. The van der Waals surface area contributed by atoms with Crippen LogP contribution >= 0.6 is 0 Å². The molecule has 0 spiro atoms. The normalized spacial score (nSPS) is 38.4. The first-order valence-electron chi connectivity index (χ1n) is 7.14. The molecule has 0 bridgehead atoms. The minimum Gasteiger partial charge on any atom is -0.322 e. The highest BCUT2D eigenvalue weighted by molar-refractivity contribution is 5.84. The second-order valence-electron chi connectivity index (χ2n) is 6.04. The van der Waals surface area contributed by atoms with Gasteiger partial charge in [0.2, 0.25) is 5.91 Å². The Hall–Kier alpha value is -0.570. The second kappa shape index (κ2) is 4.97. The van der Waals surface area contributed by atoms with E-state index in [9.17, 15) is 4.79 Å². The summed E-state index contributed by atoms with van der Waals surface area (Å²) in [6.07, 6.45) is 4.89. The molecule has 4 atom stereocenters. The quantitative estimate of drug-likeness (QED) is 0.818. The number of amides is 1. The van der Waals surface area contributed by atoms with E-state index in [2.05, 4.69) is 37.9 Å². The average Bonchev–Trinajstić information content (AvgIpc) is 2.82. The monoisotopic (exact) mass is 238 g/mol. The molecule has 1 heterocycles. The molecule has 1 aliphatic heterocycles. The lowest BCUT2D eigenvalue weighted by atomic mass is 10.0. The highest BCUT2D eigenvalue weighted by Gasteiger charge is 2.45. The van der Waals surface area contributed by atoms with Crippen molar-refractivity contribution < 1.29 is 4.79 Å². The summed E-state index contributed by atoms with van der Waals surface area (Å²) in [6.45, 7) is 8.79. The van der Waals surface area contributed by atoms with E-state index >= 15 is 0 Å². The van der Waals surface area contributed by atoms with Crippen molar-refractivity contribution in [1.82, 2.24) is 10.2 Å². The number of nitrogens with one attached hydrogen (secondary N) is 1. The lowest BCUT2D eigenvalue weighted by Gasteiger charge is -2.34. The van der Waals surface area contributed by atoms with Crippen molar-refractivity contribution in [3.63, 3.8) is 0 Å². The first-order chi connectivity index (χ1) is 8.06. The molecule has 0 aromatic carbocycles. The van der Waals surface area contributed by atoms with E-state index in [-0.39, 0.29) is 12.2 Å². The Bertz CT molecular complexity index is 290. The van der Waals surface area contributed by atoms with Gasteiger partial charge in [0.1, 0.15) is 0 Å². The van der Waals surface area contributed by atoms with Crippen molar-refractivity contribution >= 4 is 5.91 Å². The molecule has 1 aliphatic carbocycles. The van der Waals surface area contributed by atoms with E-state index in [1.807, 2.05) is 0 Å². The highest BCUT2D eigenvalue weighted by Crippen LogP contribution is 2.34. The molecule has 98 valence electrons. The minimum atomic E-state index is 0.0511. The molecule has 1 amide bonds. The van der Waals surface area contributed by atoms with Gasteiger partial charge in [-0.3, -0.25) is 10.1 Å². The Morgan fingerprint density at radius 2 is 2.12 bits per heavy atom. The lowest BCUT2D eigenvalue weighted by Crippen LogP contribution is -2.48. The standard InChI is InChI=1S/C14H26N2O/c1-5-11-14(17)16(13(15-11)9(2)3)12-8-6-7-10(12)4/h9-13,15H,5-8H2,1-4H3. The molecule has 2 rings (SSSR count). The molecule has 3 nitrogen and oxygen atoms in total. The Morgan fingerprint density at radius 1 is 1.41 bits per heavy atom. The van der Waals surface area contributed by atoms with Gasteiger partial charge in [-0.2, -0.15) is 0 Å². The molecular formula is C14H26N2O. The molecule has 4 unspecified atom stereocenters. The van der Waals surface area contributed by atoms with Crippen molar-refractivity contribution in [2.45, 2.75) is 71.6 Å². The number of nitrogens with zero attached hydrogens (tertiary/aromatic N) is 1. The fourth-order valence-corrected chi connectivity index (χ4v) is 3.39. The van der Waals surface area contributed by atoms with Crippen molar-refractivity contribution in [3.05, 3.63) is 0 Å². The Labute approximate surface area is 105 Å². The highest BCUT2D eigenvalue weighted by atomic mass is 16.2. The first-order valence-corrected chi connectivity index (χ1v) is 7.14. The van der Waals surface area contributed by atoms with Gasteiger partial charge in [-0.15, -0.1) is 0 Å². The summed E-state index contributed by atoms with van der Waals surface area (Å²) in [4.78, 5) is 14.6. The van der Waals surface area contributed by atoms with E-state index in [1.54, 1.807) is 0 Å². The summed E-state index contributed by atoms with van der Waals surface area (Å²) in [5.41, 5.74) is 0. The van der Waals surface area contributed by atoms with Gasteiger partial charge >= 0.3 is 0 Å². The van der Waals surface area contributed by atoms with Gasteiger partial charge in [0.25, 0.3) is 0 Å². The predicted octanol–water partition coefficient (Wildman–Crippen LogP) is 2.37. The van der Waals surface area contributed by atoms with Crippen molar-refractivity contribution in [2.24, 2.45) is 11.8 Å². The Morgan fingerprint density at radius 3 is 2.59 bits per heavy atom. The first kappa shape index (κ1) is 12.9. The third-order valence-electron chi connectivity index (χ3n) is 4.44. The summed E-state index contributed by atoms with van der Waals surface area (Å²) < 4.78 is 0. The largest absolute Gasteiger partial charge is 0.322 e. The zero-order chi connectivity index (χ0) is 12.6. The number of carbonyl (C=O) groups excluding carboxylic acids is 1. The summed E-state index contributed by atoms with van der Waals surface area (Å²) in [7, 11) is 0. The van der Waals surface area contributed by atoms with Crippen LogP contribution in [0.5, 0.6) is 0 Å². The van der Waals surface area contributed by atoms with Gasteiger partial charge in [0.15, 0.2) is 0 Å². The molecule has 1 saturated carbocycles. The van der Waals surface area contributed by atoms with Crippen molar-refractivity contribution in [1.29, 1.82) is 0 Å². The van der Waals surface area contributed by atoms with Crippen LogP contribution in [0.4, 0.5) is 0 Å². The van der Waals surface area contributed by atoms with Gasteiger partial charge in [-0.1, -0.05) is 34.1 Å². The van der Waals surface area contributed by atoms with Crippen LogP contribution in [0.3, 0.4) is 0 Å². The van der Waals surface area contributed by atoms with Crippen LogP contribution in [-0.4, -0.2) is 29.1 Å². The van der Waals surface area contributed by atoms with Crippen LogP contribution in [0.25, 0.3) is 0 Å². The second-order valence-corrected chi connectivity index (χ2v) is 6.04. The number of carbonyl (C=O) groups is 1. The third-order valence-corrected chi connectivity index (χ3v) is 4.44. The van der Waals surface area contributed by atoms with Gasteiger partial charge in [0, 0.05) is 6.04 Å². The third kappa shape index (κ3) is 2.22. The Kier molecular flexibility index (Phi) is 3.76. The van der Waals surface area contributed by atoms with Crippen LogP contribution in [-0.2, 0) is 4.79 Å². The topological polar surface area (TPSA) is 32.3 Å². The van der Waals surface area contributed by atoms with Gasteiger partial charge in [-0.25, -0.2) is 0 Å². The van der Waals surface area contributed by atoms with Gasteiger partial charge < -0.3 is 4.90 Å². The molecule has 17 heavy (non-hydrogen) atoms. The van der Waals surface area contributed by atoms with Crippen molar-refractivity contribution in [2.75, 3.05) is 0 Å². The van der Waals surface area contributed by atoms with Crippen LogP contribution in [0.2, 0.25) is 0 Å². The molecule has 2 aliphatic rings. The number of hydrogen-bond acceptors (Lipinski definition) is 2. The fraction of sp³-hybridized carbons (Fsp3) is 0.929. The molecule has 0 radical (unpaired) electrons. The van der Waals surface area contributed by atoms with E-state index in [0.29, 0.717) is 23.8 Å². The Balaban J connectivity index is 2.19. The average molecular weight is 238 g/mol. The van der Waals surface area contributed by atoms with Crippen LogP contribution in [0, 0.1) is 11.8 Å². The molecule has 1 N–H and O–H groups in total. The maximum Gasteiger partial charge on any atom is 0.241 e. The van der Waals surface area contributed by atoms with Crippen LogP contribution in [0.15, 0.2) is 0 Å². The molecular weight excluding hydrogens is 212 g/mol. The zero-order valence-corrected chi connectivity index (χ0v) is 11.6. The summed E-state index contributed by atoms with van der Waals surface area (Å²) in [5.74, 6) is 1.49. The van der Waals surface area contributed by atoms with E-state index in [4.69, 9.17) is 0 Å². The van der Waals surface area contributed by atoms with Gasteiger partial charge in [-0.05, 0) is 31.1 Å². The zero-order valence-electron chi connectivity index (χ0n) is 11.6. The maximum absolute atomic E-state index is 12.4. The number of rotatable bonds is 3. The lowest BCUT2D eigenvalue weighted by molar-refractivity contribution is -0.133. The summed E-state index contributed by atoms with van der Waals surface area (Å²) >= 11 is 0. The maximum atomic E-state index is 12.4. The number of hydrogen-bond donors (Lipinski definition) is 1.